The first-order valence-corrected chi connectivity index (χ1v) is 9.48. The summed E-state index contributed by atoms with van der Waals surface area (Å²) in [6.45, 7) is -0.451. The smallest absolute Gasteiger partial charge is 0.165 e. The molecule has 0 amide bonds. The molecule has 3 heterocycles. The molecule has 1 aromatic rings. The van der Waals surface area contributed by atoms with E-state index in [-0.39, 0.29) is 12.3 Å². The highest BCUT2D eigenvalue weighted by molar-refractivity contribution is 14.1. The second-order valence-corrected chi connectivity index (χ2v) is 7.90. The Morgan fingerprint density at radius 2 is 2.19 bits per heavy atom. The Morgan fingerprint density at radius 1 is 1.37 bits per heavy atom. The number of nitrogens with zero attached hydrogens (tertiary/aromatic N) is 4. The molecule has 9 nitrogen and oxygen atoms in total. The summed E-state index contributed by atoms with van der Waals surface area (Å²) >= 11 is 2.20. The fourth-order valence-corrected chi connectivity index (χ4v) is 4.03. The number of ether oxygens (including phenoxy) is 1. The first kappa shape index (κ1) is 17.6. The van der Waals surface area contributed by atoms with Gasteiger partial charge in [-0.25, -0.2) is 9.98 Å². The standard InChI is InChI=1S/C17H20IN5O4/c18-10-3-1-2-9(4-10)5-17(19)14-15(20-7-22-17)23(8-21-14)16-13(26)12(25)11(6-24)27-16/h1-4,7-8,11-14,16,24-26H,5-6,19H2/t11-,12-,13-,14?,16-,17?/m1/s1/i14D. The summed E-state index contributed by atoms with van der Waals surface area (Å²) < 4.78 is 15.5. The summed E-state index contributed by atoms with van der Waals surface area (Å²) in [5.74, 6) is 0.144. The van der Waals surface area contributed by atoms with Crippen molar-refractivity contribution in [1.29, 1.82) is 0 Å². The fraction of sp³-hybridized carbons (Fsp3) is 0.471. The molecular formula is C17H20IN5O4. The number of halogens is 1. The maximum Gasteiger partial charge on any atom is 0.165 e. The number of rotatable bonds is 4. The van der Waals surface area contributed by atoms with E-state index < -0.39 is 42.8 Å². The molecule has 10 heteroatoms. The predicted octanol–water partition coefficient (Wildman–Crippen LogP) is -0.919. The van der Waals surface area contributed by atoms with Gasteiger partial charge in [0.15, 0.2) is 6.23 Å². The highest BCUT2D eigenvalue weighted by atomic mass is 127. The fourth-order valence-electron chi connectivity index (χ4n) is 3.42. The monoisotopic (exact) mass is 486 g/mol. The van der Waals surface area contributed by atoms with Crippen LogP contribution in [0.25, 0.3) is 0 Å². The molecule has 0 saturated carbocycles. The molecule has 4 rings (SSSR count). The number of fused-ring (bicyclic) bond motifs is 1. The predicted molar refractivity (Wildman–Crippen MR) is 108 cm³/mol. The molecule has 0 spiro atoms. The largest absolute Gasteiger partial charge is 0.394 e. The first-order valence-electron chi connectivity index (χ1n) is 8.90. The van der Waals surface area contributed by atoms with Crippen LogP contribution in [0.5, 0.6) is 0 Å². The third kappa shape index (κ3) is 3.30. The summed E-state index contributed by atoms with van der Waals surface area (Å²) in [5, 5.41) is 29.7. The molecule has 144 valence electrons. The summed E-state index contributed by atoms with van der Waals surface area (Å²) in [6.07, 6.45) is -1.72. The van der Waals surface area contributed by atoms with Gasteiger partial charge in [-0.15, -0.1) is 0 Å². The SMILES string of the molecule is [2H]C12N=CN([C@@H]3O[C@H](CO)[C@@H](O)[C@H]3O)C1=NC=NC2(N)Cc1cccc(I)c1. The summed E-state index contributed by atoms with van der Waals surface area (Å²) in [4.78, 5) is 14.1. The minimum absolute atomic E-state index is 0.144. The van der Waals surface area contributed by atoms with Crippen LogP contribution in [0.3, 0.4) is 0 Å². The molecule has 3 aliphatic rings. The summed E-state index contributed by atoms with van der Waals surface area (Å²) in [5.41, 5.74) is 6.02. The molecular weight excluding hydrogens is 465 g/mol. The number of aliphatic imine (C=N–C) groups is 3. The number of hydrogen-bond acceptors (Lipinski definition) is 9. The van der Waals surface area contributed by atoms with E-state index in [0.29, 0.717) is 0 Å². The molecule has 27 heavy (non-hydrogen) atoms. The van der Waals surface area contributed by atoms with E-state index in [1.165, 1.54) is 17.6 Å². The molecule has 3 aliphatic heterocycles. The van der Waals surface area contributed by atoms with Gasteiger partial charge >= 0.3 is 0 Å². The third-order valence-electron chi connectivity index (χ3n) is 4.80. The van der Waals surface area contributed by atoms with Crippen molar-refractivity contribution < 1.29 is 21.4 Å². The average Bonchev–Trinajstić information content (AvgIpc) is 3.14. The second kappa shape index (κ2) is 7.18. The van der Waals surface area contributed by atoms with Gasteiger partial charge in [-0.1, -0.05) is 12.1 Å². The Morgan fingerprint density at radius 3 is 2.89 bits per heavy atom. The van der Waals surface area contributed by atoms with Crippen molar-refractivity contribution >= 4 is 41.1 Å². The number of aliphatic hydroxyl groups excluding tert-OH is 3. The lowest BCUT2D eigenvalue weighted by atomic mass is 9.92. The number of hydrogen-bond donors (Lipinski definition) is 4. The molecule has 1 aromatic carbocycles. The minimum atomic E-state index is -1.73. The highest BCUT2D eigenvalue weighted by Gasteiger charge is 2.51. The topological polar surface area (TPSA) is 136 Å². The van der Waals surface area contributed by atoms with Crippen LogP contribution < -0.4 is 5.73 Å². The molecule has 0 aliphatic carbocycles. The van der Waals surface area contributed by atoms with E-state index in [2.05, 4.69) is 37.6 Å². The van der Waals surface area contributed by atoms with Crippen LogP contribution in [-0.4, -0.2) is 81.6 Å². The Kier molecular flexibility index (Phi) is 4.70. The molecule has 1 saturated heterocycles. The van der Waals surface area contributed by atoms with Crippen molar-refractivity contribution in [3.63, 3.8) is 0 Å². The van der Waals surface area contributed by atoms with Crippen molar-refractivity contribution in [1.82, 2.24) is 4.90 Å². The average molecular weight is 486 g/mol. The number of benzene rings is 1. The number of aliphatic hydroxyl groups is 3. The zero-order valence-corrected chi connectivity index (χ0v) is 16.3. The van der Waals surface area contributed by atoms with Gasteiger partial charge in [0.2, 0.25) is 0 Å². The van der Waals surface area contributed by atoms with Crippen LogP contribution in [0.2, 0.25) is 0 Å². The van der Waals surface area contributed by atoms with Gasteiger partial charge < -0.3 is 25.8 Å². The molecule has 6 atom stereocenters. The van der Waals surface area contributed by atoms with Crippen molar-refractivity contribution in [2.45, 2.75) is 42.6 Å². The number of nitrogens with two attached hydrogens (primary N) is 1. The summed E-state index contributed by atoms with van der Waals surface area (Å²) in [6, 6.07) is 6.00. The Labute approximate surface area is 170 Å². The van der Waals surface area contributed by atoms with Gasteiger partial charge in [-0.05, 0) is 40.3 Å². The normalized spacial score (nSPS) is 40.9. The van der Waals surface area contributed by atoms with Crippen LogP contribution in [0.4, 0.5) is 0 Å². The lowest BCUT2D eigenvalue weighted by molar-refractivity contribution is -0.0512. The minimum Gasteiger partial charge on any atom is -0.394 e. The Hall–Kier alpha value is -1.44. The number of amidine groups is 1. The van der Waals surface area contributed by atoms with Crippen molar-refractivity contribution in [3.8, 4) is 0 Å². The lowest BCUT2D eigenvalue weighted by Crippen LogP contribution is -2.58. The molecule has 0 bridgehead atoms. The van der Waals surface area contributed by atoms with Crippen LogP contribution >= 0.6 is 22.6 Å². The molecule has 0 aromatic heterocycles. The quantitative estimate of drug-likeness (QED) is 0.407. The van der Waals surface area contributed by atoms with Gasteiger partial charge in [0, 0.05) is 9.99 Å². The van der Waals surface area contributed by atoms with Crippen LogP contribution in [0.15, 0.2) is 39.2 Å². The van der Waals surface area contributed by atoms with Crippen LogP contribution in [0, 0.1) is 3.57 Å². The first-order chi connectivity index (χ1) is 13.3. The van der Waals surface area contributed by atoms with Gasteiger partial charge in [0.05, 0.1) is 14.3 Å². The van der Waals surface area contributed by atoms with E-state index in [0.717, 1.165) is 9.13 Å². The molecule has 0 radical (unpaired) electrons. The lowest BCUT2D eigenvalue weighted by Gasteiger charge is -2.35. The Bertz CT molecular complexity index is 870. The van der Waals surface area contributed by atoms with E-state index in [1.807, 2.05) is 24.3 Å². The summed E-state index contributed by atoms with van der Waals surface area (Å²) in [7, 11) is 0. The molecule has 5 N–H and O–H groups in total. The maximum atomic E-state index is 10.3. The van der Waals surface area contributed by atoms with E-state index in [9.17, 15) is 15.3 Å². The maximum absolute atomic E-state index is 10.3. The van der Waals surface area contributed by atoms with E-state index in [1.54, 1.807) is 0 Å². The van der Waals surface area contributed by atoms with Crippen molar-refractivity contribution in [3.05, 3.63) is 33.4 Å². The van der Waals surface area contributed by atoms with Crippen molar-refractivity contribution in [2.75, 3.05) is 6.61 Å². The van der Waals surface area contributed by atoms with Gasteiger partial charge in [-0.3, -0.25) is 9.89 Å². The van der Waals surface area contributed by atoms with Gasteiger partial charge in [0.25, 0.3) is 0 Å². The third-order valence-corrected chi connectivity index (χ3v) is 5.47. The van der Waals surface area contributed by atoms with Crippen molar-refractivity contribution in [2.24, 2.45) is 20.7 Å². The highest BCUT2D eigenvalue weighted by Crippen LogP contribution is 2.31. The van der Waals surface area contributed by atoms with Gasteiger partial charge in [0.1, 0.15) is 42.2 Å². The zero-order valence-electron chi connectivity index (χ0n) is 15.2. The molecule has 1 fully saturated rings. The van der Waals surface area contributed by atoms with Gasteiger partial charge in [-0.2, -0.15) is 0 Å². The molecule has 2 unspecified atom stereocenters. The van der Waals surface area contributed by atoms with Crippen LogP contribution in [-0.2, 0) is 11.2 Å². The van der Waals surface area contributed by atoms with E-state index in [4.69, 9.17) is 11.8 Å². The van der Waals surface area contributed by atoms with E-state index >= 15 is 0 Å². The second-order valence-electron chi connectivity index (χ2n) is 6.66. The van der Waals surface area contributed by atoms with Crippen LogP contribution in [0.1, 0.15) is 6.93 Å². The Balaban J connectivity index is 1.63. The zero-order chi connectivity index (χ0) is 20.1.